The van der Waals surface area contributed by atoms with E-state index in [9.17, 15) is 22.8 Å². The topological polar surface area (TPSA) is 107 Å². The second-order valence-electron chi connectivity index (χ2n) is 6.59. The number of urea groups is 1. The number of carbonyl (C=O) groups excluding carboxylic acids is 3. The standard InChI is InChI=1S/C14H22N4O5S/c1-24(22,23)17-6-2-10(3-7-17)13(20)16-5-4-11(9-16)18-12(19)8-15-14(18)21/h10-11H,2-9H2,1H3,(H,15,21). The van der Waals surface area contributed by atoms with Crippen LogP contribution in [0.3, 0.4) is 0 Å². The van der Waals surface area contributed by atoms with Crippen LogP contribution < -0.4 is 5.32 Å². The highest BCUT2D eigenvalue weighted by Crippen LogP contribution is 2.25. The SMILES string of the molecule is CS(=O)(=O)N1CCC(C(=O)N2CCC(N3C(=O)CNC3=O)C2)CC1. The van der Waals surface area contributed by atoms with Crippen LogP contribution in [0.5, 0.6) is 0 Å². The zero-order chi connectivity index (χ0) is 17.5. The summed E-state index contributed by atoms with van der Waals surface area (Å²) in [7, 11) is -3.21. The molecule has 3 aliphatic rings. The van der Waals surface area contributed by atoms with Crippen molar-refractivity contribution in [1.82, 2.24) is 19.4 Å². The second-order valence-corrected chi connectivity index (χ2v) is 8.57. The van der Waals surface area contributed by atoms with Gasteiger partial charge in [-0.25, -0.2) is 17.5 Å². The van der Waals surface area contributed by atoms with Crippen LogP contribution in [0.1, 0.15) is 19.3 Å². The molecule has 0 aromatic carbocycles. The smallest absolute Gasteiger partial charge is 0.324 e. The zero-order valence-corrected chi connectivity index (χ0v) is 14.4. The molecule has 3 heterocycles. The van der Waals surface area contributed by atoms with E-state index in [1.807, 2.05) is 0 Å². The summed E-state index contributed by atoms with van der Waals surface area (Å²) in [6, 6.07) is -0.652. The van der Waals surface area contributed by atoms with Crippen molar-refractivity contribution in [2.45, 2.75) is 25.3 Å². The molecule has 24 heavy (non-hydrogen) atoms. The highest BCUT2D eigenvalue weighted by atomic mass is 32.2. The Labute approximate surface area is 141 Å². The summed E-state index contributed by atoms with van der Waals surface area (Å²) in [5, 5.41) is 2.49. The molecule has 0 radical (unpaired) electrons. The maximum Gasteiger partial charge on any atom is 0.324 e. The van der Waals surface area contributed by atoms with Gasteiger partial charge in [0.1, 0.15) is 0 Å². The van der Waals surface area contributed by atoms with Gasteiger partial charge in [-0.15, -0.1) is 0 Å². The van der Waals surface area contributed by atoms with Crippen molar-refractivity contribution in [1.29, 1.82) is 0 Å². The second kappa shape index (κ2) is 6.32. The number of piperidine rings is 1. The number of likely N-dealkylation sites (tertiary alicyclic amines) is 1. The van der Waals surface area contributed by atoms with E-state index in [4.69, 9.17) is 0 Å². The molecule has 9 nitrogen and oxygen atoms in total. The van der Waals surface area contributed by atoms with E-state index in [2.05, 4.69) is 5.32 Å². The first-order chi connectivity index (χ1) is 11.3. The van der Waals surface area contributed by atoms with Crippen molar-refractivity contribution in [3.8, 4) is 0 Å². The van der Waals surface area contributed by atoms with Crippen LogP contribution in [-0.4, -0.2) is 85.4 Å². The average Bonchev–Trinajstić information content (AvgIpc) is 3.13. The van der Waals surface area contributed by atoms with Crippen LogP contribution in [0, 0.1) is 5.92 Å². The Kier molecular flexibility index (Phi) is 4.52. The number of sulfonamides is 1. The normalized spacial score (nSPS) is 27.0. The molecule has 3 rings (SSSR count). The minimum absolute atomic E-state index is 0.00212. The van der Waals surface area contributed by atoms with Gasteiger partial charge in [0, 0.05) is 32.1 Å². The van der Waals surface area contributed by atoms with E-state index < -0.39 is 10.0 Å². The number of imide groups is 1. The molecule has 0 aromatic heterocycles. The maximum absolute atomic E-state index is 12.6. The molecule has 10 heteroatoms. The van der Waals surface area contributed by atoms with Crippen molar-refractivity contribution in [3.63, 3.8) is 0 Å². The minimum atomic E-state index is -3.21. The predicted molar refractivity (Wildman–Crippen MR) is 84.4 cm³/mol. The molecule has 1 atom stereocenters. The van der Waals surface area contributed by atoms with E-state index in [0.29, 0.717) is 45.4 Å². The minimum Gasteiger partial charge on any atom is -0.340 e. The molecule has 3 saturated heterocycles. The van der Waals surface area contributed by atoms with Crippen LogP contribution in [0.4, 0.5) is 4.79 Å². The lowest BCUT2D eigenvalue weighted by Crippen LogP contribution is -2.45. The third-order valence-corrected chi connectivity index (χ3v) is 6.29. The molecule has 1 unspecified atom stereocenters. The van der Waals surface area contributed by atoms with E-state index in [1.165, 1.54) is 15.5 Å². The summed E-state index contributed by atoms with van der Waals surface area (Å²) in [4.78, 5) is 39.0. The van der Waals surface area contributed by atoms with Gasteiger partial charge in [-0.2, -0.15) is 0 Å². The lowest BCUT2D eigenvalue weighted by Gasteiger charge is -2.32. The highest BCUT2D eigenvalue weighted by Gasteiger charge is 2.41. The number of rotatable bonds is 3. The summed E-state index contributed by atoms with van der Waals surface area (Å²) in [6.07, 6.45) is 2.79. The zero-order valence-electron chi connectivity index (χ0n) is 13.6. The summed E-state index contributed by atoms with van der Waals surface area (Å²) in [6.45, 7) is 1.63. The number of hydrogen-bond acceptors (Lipinski definition) is 5. The number of nitrogens with one attached hydrogen (secondary N) is 1. The number of nitrogens with zero attached hydrogens (tertiary/aromatic N) is 3. The van der Waals surface area contributed by atoms with Gasteiger partial charge in [0.2, 0.25) is 21.8 Å². The molecule has 3 fully saturated rings. The van der Waals surface area contributed by atoms with Crippen molar-refractivity contribution >= 4 is 27.9 Å². The van der Waals surface area contributed by atoms with Crippen LogP contribution in [0.2, 0.25) is 0 Å². The van der Waals surface area contributed by atoms with Crippen LogP contribution in [0.25, 0.3) is 0 Å². The number of amides is 4. The third kappa shape index (κ3) is 3.25. The molecular formula is C14H22N4O5S. The Balaban J connectivity index is 1.56. The molecule has 1 N–H and O–H groups in total. The Hall–Kier alpha value is -1.68. The Morgan fingerprint density at radius 1 is 1.12 bits per heavy atom. The van der Waals surface area contributed by atoms with Gasteiger partial charge in [-0.1, -0.05) is 0 Å². The fourth-order valence-electron chi connectivity index (χ4n) is 3.65. The van der Waals surface area contributed by atoms with Gasteiger partial charge >= 0.3 is 6.03 Å². The van der Waals surface area contributed by atoms with Crippen LogP contribution in [0.15, 0.2) is 0 Å². The third-order valence-electron chi connectivity index (χ3n) is 4.99. The Bertz CT molecular complexity index is 640. The summed E-state index contributed by atoms with van der Waals surface area (Å²) < 4.78 is 24.5. The summed E-state index contributed by atoms with van der Waals surface area (Å²) >= 11 is 0. The molecular weight excluding hydrogens is 336 g/mol. The maximum atomic E-state index is 12.6. The van der Waals surface area contributed by atoms with Crippen LogP contribution in [-0.2, 0) is 19.6 Å². The highest BCUT2D eigenvalue weighted by molar-refractivity contribution is 7.88. The van der Waals surface area contributed by atoms with Crippen molar-refractivity contribution < 1.29 is 22.8 Å². The molecule has 0 spiro atoms. The Morgan fingerprint density at radius 2 is 1.79 bits per heavy atom. The van der Waals surface area contributed by atoms with E-state index in [-0.39, 0.29) is 36.3 Å². The van der Waals surface area contributed by atoms with Gasteiger partial charge < -0.3 is 10.2 Å². The van der Waals surface area contributed by atoms with Gasteiger partial charge in [0.05, 0.1) is 18.8 Å². The fourth-order valence-corrected chi connectivity index (χ4v) is 4.52. The van der Waals surface area contributed by atoms with Gasteiger partial charge in [0.25, 0.3) is 0 Å². The first-order valence-corrected chi connectivity index (χ1v) is 9.96. The molecule has 4 amide bonds. The molecule has 0 aliphatic carbocycles. The lowest BCUT2D eigenvalue weighted by molar-refractivity contribution is -0.136. The summed E-state index contributed by atoms with van der Waals surface area (Å²) in [5.41, 5.74) is 0. The largest absolute Gasteiger partial charge is 0.340 e. The molecule has 0 saturated carbocycles. The van der Waals surface area contributed by atoms with Crippen molar-refractivity contribution in [2.75, 3.05) is 39.0 Å². The van der Waals surface area contributed by atoms with E-state index >= 15 is 0 Å². The number of hydrogen-bond donors (Lipinski definition) is 1. The fraction of sp³-hybridized carbons (Fsp3) is 0.786. The first kappa shape index (κ1) is 17.2. The van der Waals surface area contributed by atoms with E-state index in [1.54, 1.807) is 4.90 Å². The monoisotopic (exact) mass is 358 g/mol. The van der Waals surface area contributed by atoms with Gasteiger partial charge in [-0.3, -0.25) is 14.5 Å². The molecule has 3 aliphatic heterocycles. The average molecular weight is 358 g/mol. The van der Waals surface area contributed by atoms with Gasteiger partial charge in [0.15, 0.2) is 0 Å². The number of carbonyl (C=O) groups is 3. The Morgan fingerprint density at radius 3 is 2.33 bits per heavy atom. The van der Waals surface area contributed by atoms with Crippen LogP contribution >= 0.6 is 0 Å². The molecule has 0 bridgehead atoms. The van der Waals surface area contributed by atoms with E-state index in [0.717, 1.165) is 0 Å². The molecule has 134 valence electrons. The lowest BCUT2D eigenvalue weighted by atomic mass is 9.96. The first-order valence-electron chi connectivity index (χ1n) is 8.11. The van der Waals surface area contributed by atoms with Crippen molar-refractivity contribution in [2.24, 2.45) is 5.92 Å². The molecule has 0 aromatic rings. The van der Waals surface area contributed by atoms with Gasteiger partial charge in [-0.05, 0) is 19.3 Å². The quantitative estimate of drug-likeness (QED) is 0.639. The van der Waals surface area contributed by atoms with Crippen molar-refractivity contribution in [3.05, 3.63) is 0 Å². The predicted octanol–water partition coefficient (Wildman–Crippen LogP) is -1.19. The summed E-state index contributed by atoms with van der Waals surface area (Å²) in [5.74, 6) is -0.441.